The average molecular weight is 443 g/mol. The Morgan fingerprint density at radius 1 is 1.19 bits per heavy atom. The molecule has 2 aromatic carbocycles. The maximum atomic E-state index is 12.6. The zero-order valence-electron chi connectivity index (χ0n) is 16.9. The third-order valence-corrected chi connectivity index (χ3v) is 6.09. The van der Waals surface area contributed by atoms with E-state index in [0.717, 1.165) is 18.9 Å². The van der Waals surface area contributed by atoms with Gasteiger partial charge in [-0.3, -0.25) is 4.79 Å². The molecule has 1 aliphatic carbocycles. The molecule has 0 radical (unpaired) electrons. The van der Waals surface area contributed by atoms with Crippen molar-refractivity contribution >= 4 is 27.6 Å². The number of esters is 1. The molecule has 1 fully saturated rings. The van der Waals surface area contributed by atoms with Gasteiger partial charge < -0.3 is 14.8 Å². The quantitative estimate of drug-likeness (QED) is 0.597. The maximum Gasteiger partial charge on any atom is 0.338 e. The fourth-order valence-electron chi connectivity index (χ4n) is 2.70. The van der Waals surface area contributed by atoms with E-state index in [1.54, 1.807) is 24.3 Å². The van der Waals surface area contributed by atoms with Crippen molar-refractivity contribution in [1.29, 1.82) is 5.26 Å². The van der Waals surface area contributed by atoms with Gasteiger partial charge in [0.15, 0.2) is 6.10 Å². The van der Waals surface area contributed by atoms with Crippen LogP contribution in [-0.2, 0) is 19.6 Å². The monoisotopic (exact) mass is 443 g/mol. The van der Waals surface area contributed by atoms with Crippen molar-refractivity contribution in [3.63, 3.8) is 0 Å². The predicted octanol–water partition coefficient (Wildman–Crippen LogP) is 2.19. The zero-order chi connectivity index (χ0) is 22.6. The summed E-state index contributed by atoms with van der Waals surface area (Å²) in [5.74, 6) is -1.42. The molecule has 2 N–H and O–H groups in total. The number of anilines is 1. The molecule has 0 spiro atoms. The Morgan fingerprint density at radius 3 is 2.55 bits per heavy atom. The van der Waals surface area contributed by atoms with Crippen molar-refractivity contribution in [3.8, 4) is 11.8 Å². The molecule has 0 aliphatic heterocycles. The molecule has 162 valence electrons. The van der Waals surface area contributed by atoms with E-state index in [1.165, 1.54) is 26.2 Å². The predicted molar refractivity (Wildman–Crippen MR) is 111 cm³/mol. The number of carbonyl (C=O) groups excluding carboxylic acids is 2. The van der Waals surface area contributed by atoms with Gasteiger partial charge in [-0.1, -0.05) is 12.1 Å². The molecule has 0 saturated heterocycles. The number of hydrogen-bond acceptors (Lipinski definition) is 7. The minimum Gasteiger partial charge on any atom is -0.495 e. The van der Waals surface area contributed by atoms with Gasteiger partial charge >= 0.3 is 5.97 Å². The SMILES string of the molecule is COc1ccc(C(=O)O[C@@H](C)C(=O)Nc2ccccc2C#N)cc1S(=O)(=O)NC1CC1. The summed E-state index contributed by atoms with van der Waals surface area (Å²) >= 11 is 0. The molecule has 0 heterocycles. The van der Waals surface area contributed by atoms with E-state index in [0.29, 0.717) is 5.69 Å². The van der Waals surface area contributed by atoms with Gasteiger partial charge in [-0.15, -0.1) is 0 Å². The summed E-state index contributed by atoms with van der Waals surface area (Å²) in [6.45, 7) is 1.37. The first-order valence-electron chi connectivity index (χ1n) is 9.46. The maximum absolute atomic E-state index is 12.6. The second-order valence-electron chi connectivity index (χ2n) is 6.96. The molecule has 0 aromatic heterocycles. The molecule has 1 atom stereocenters. The van der Waals surface area contributed by atoms with Gasteiger partial charge in [0.25, 0.3) is 5.91 Å². The first-order chi connectivity index (χ1) is 14.7. The lowest BCUT2D eigenvalue weighted by Gasteiger charge is -2.15. The van der Waals surface area contributed by atoms with E-state index in [2.05, 4.69) is 10.0 Å². The van der Waals surface area contributed by atoms with Crippen molar-refractivity contribution in [2.45, 2.75) is 36.8 Å². The first kappa shape index (κ1) is 22.3. The molecular weight excluding hydrogens is 422 g/mol. The molecule has 1 aliphatic rings. The van der Waals surface area contributed by atoms with Crippen LogP contribution < -0.4 is 14.8 Å². The summed E-state index contributed by atoms with van der Waals surface area (Å²) in [5, 5.41) is 11.6. The van der Waals surface area contributed by atoms with Crippen molar-refractivity contribution in [3.05, 3.63) is 53.6 Å². The third kappa shape index (κ3) is 5.39. The molecule has 9 nitrogen and oxygen atoms in total. The van der Waals surface area contributed by atoms with Gasteiger partial charge in [0, 0.05) is 6.04 Å². The zero-order valence-corrected chi connectivity index (χ0v) is 17.7. The number of carbonyl (C=O) groups is 2. The smallest absolute Gasteiger partial charge is 0.338 e. The van der Waals surface area contributed by atoms with Gasteiger partial charge in [0.1, 0.15) is 16.7 Å². The Balaban J connectivity index is 1.74. The number of para-hydroxylation sites is 1. The highest BCUT2D eigenvalue weighted by atomic mass is 32.2. The van der Waals surface area contributed by atoms with Crippen LogP contribution in [0.15, 0.2) is 47.4 Å². The Hall–Kier alpha value is -3.42. The highest BCUT2D eigenvalue weighted by Crippen LogP contribution is 2.28. The van der Waals surface area contributed by atoms with Crippen LogP contribution in [0.25, 0.3) is 0 Å². The highest BCUT2D eigenvalue weighted by molar-refractivity contribution is 7.89. The van der Waals surface area contributed by atoms with E-state index in [9.17, 15) is 18.0 Å². The summed E-state index contributed by atoms with van der Waals surface area (Å²) in [5.41, 5.74) is 0.512. The largest absolute Gasteiger partial charge is 0.495 e. The summed E-state index contributed by atoms with van der Waals surface area (Å²) in [6, 6.07) is 12.1. The van der Waals surface area contributed by atoms with Crippen LogP contribution in [0.4, 0.5) is 5.69 Å². The minimum atomic E-state index is -3.88. The Bertz CT molecular complexity index is 1150. The fourth-order valence-corrected chi connectivity index (χ4v) is 4.20. The van der Waals surface area contributed by atoms with Gasteiger partial charge in [-0.25, -0.2) is 17.9 Å². The number of nitrogens with zero attached hydrogens (tertiary/aromatic N) is 1. The van der Waals surface area contributed by atoms with Gasteiger partial charge in [-0.05, 0) is 50.1 Å². The Morgan fingerprint density at radius 2 is 1.90 bits per heavy atom. The van der Waals surface area contributed by atoms with Gasteiger partial charge in [0.2, 0.25) is 10.0 Å². The van der Waals surface area contributed by atoms with Crippen molar-refractivity contribution in [2.75, 3.05) is 12.4 Å². The number of hydrogen-bond donors (Lipinski definition) is 2. The normalized spacial score (nSPS) is 14.2. The number of nitriles is 1. The molecule has 1 saturated carbocycles. The van der Waals surface area contributed by atoms with E-state index in [1.807, 2.05) is 6.07 Å². The summed E-state index contributed by atoms with van der Waals surface area (Å²) in [6.07, 6.45) is 0.321. The number of nitrogens with one attached hydrogen (secondary N) is 2. The molecule has 1 amide bonds. The molecule has 0 bridgehead atoms. The number of benzene rings is 2. The number of amides is 1. The van der Waals surface area contributed by atoms with Crippen LogP contribution in [-0.4, -0.2) is 39.5 Å². The number of methoxy groups -OCH3 is 1. The first-order valence-corrected chi connectivity index (χ1v) is 10.9. The van der Waals surface area contributed by atoms with Gasteiger partial charge in [-0.2, -0.15) is 5.26 Å². The highest BCUT2D eigenvalue weighted by Gasteiger charge is 2.31. The third-order valence-electron chi connectivity index (χ3n) is 4.55. The average Bonchev–Trinajstić information content (AvgIpc) is 3.56. The van der Waals surface area contributed by atoms with E-state index < -0.39 is 28.0 Å². The second-order valence-corrected chi connectivity index (χ2v) is 8.64. The number of rotatable bonds is 8. The molecule has 10 heteroatoms. The number of ether oxygens (including phenoxy) is 2. The molecule has 0 unspecified atom stereocenters. The Labute approximate surface area is 180 Å². The van der Waals surface area contributed by atoms with Crippen LogP contribution >= 0.6 is 0 Å². The van der Waals surface area contributed by atoms with Crippen molar-refractivity contribution in [2.24, 2.45) is 0 Å². The lowest BCUT2D eigenvalue weighted by atomic mass is 10.2. The van der Waals surface area contributed by atoms with Crippen molar-refractivity contribution in [1.82, 2.24) is 4.72 Å². The van der Waals surface area contributed by atoms with E-state index in [4.69, 9.17) is 14.7 Å². The fraction of sp³-hybridized carbons (Fsp3) is 0.286. The second kappa shape index (κ2) is 9.16. The topological polar surface area (TPSA) is 135 Å². The van der Waals surface area contributed by atoms with Crippen LogP contribution in [0.5, 0.6) is 5.75 Å². The molecule has 3 rings (SSSR count). The van der Waals surface area contributed by atoms with Crippen LogP contribution in [0.2, 0.25) is 0 Å². The van der Waals surface area contributed by atoms with Crippen LogP contribution in [0.3, 0.4) is 0 Å². The molecule has 31 heavy (non-hydrogen) atoms. The minimum absolute atomic E-state index is 0.0472. The van der Waals surface area contributed by atoms with E-state index >= 15 is 0 Å². The summed E-state index contributed by atoms with van der Waals surface area (Å²) < 4.78 is 38.0. The van der Waals surface area contributed by atoms with Crippen LogP contribution in [0.1, 0.15) is 35.7 Å². The summed E-state index contributed by atoms with van der Waals surface area (Å²) in [7, 11) is -2.55. The van der Waals surface area contributed by atoms with Crippen molar-refractivity contribution < 1.29 is 27.5 Å². The summed E-state index contributed by atoms with van der Waals surface area (Å²) in [4.78, 5) is 24.7. The standard InChI is InChI=1S/C21H21N3O6S/c1-13(20(25)23-17-6-4-3-5-15(17)12-22)30-21(26)14-7-10-18(29-2)19(11-14)31(27,28)24-16-8-9-16/h3-7,10-11,13,16,24H,8-9H2,1-2H3,(H,23,25)/t13-/m0/s1. The number of sulfonamides is 1. The molecular formula is C21H21N3O6S. The van der Waals surface area contributed by atoms with Crippen LogP contribution in [0, 0.1) is 11.3 Å². The lowest BCUT2D eigenvalue weighted by molar-refractivity contribution is -0.123. The van der Waals surface area contributed by atoms with E-state index in [-0.39, 0.29) is 27.8 Å². The van der Waals surface area contributed by atoms with Gasteiger partial charge in [0.05, 0.1) is 23.9 Å². The Kier molecular flexibility index (Phi) is 6.58. The lowest BCUT2D eigenvalue weighted by Crippen LogP contribution is -2.30. The molecule has 2 aromatic rings.